The molecule has 4 heteroatoms. The van der Waals surface area contributed by atoms with E-state index in [1.54, 1.807) is 0 Å². The fourth-order valence-electron chi connectivity index (χ4n) is 1.77. The maximum absolute atomic E-state index is 11.8. The van der Waals surface area contributed by atoms with Crippen molar-refractivity contribution in [2.24, 2.45) is 5.92 Å². The van der Waals surface area contributed by atoms with Gasteiger partial charge in [0, 0.05) is 6.42 Å². The van der Waals surface area contributed by atoms with Crippen LogP contribution in [0.2, 0.25) is 0 Å². The molecule has 0 radical (unpaired) electrons. The molecule has 1 amide bonds. The van der Waals surface area contributed by atoms with Gasteiger partial charge < -0.3 is 15.5 Å². The molecule has 0 aliphatic rings. The van der Waals surface area contributed by atoms with Crippen LogP contribution in [0.25, 0.3) is 0 Å². The van der Waals surface area contributed by atoms with E-state index < -0.39 is 0 Å². The molecule has 1 aromatic carbocycles. The van der Waals surface area contributed by atoms with Crippen molar-refractivity contribution < 1.29 is 15.0 Å². The second-order valence-electron chi connectivity index (χ2n) is 5.08. The zero-order valence-corrected chi connectivity index (χ0v) is 11.6. The summed E-state index contributed by atoms with van der Waals surface area (Å²) in [5, 5.41) is 20.9. The van der Waals surface area contributed by atoms with E-state index in [0.717, 1.165) is 11.1 Å². The van der Waals surface area contributed by atoms with E-state index in [2.05, 4.69) is 5.32 Å². The van der Waals surface area contributed by atoms with Crippen LogP contribution in [0.4, 0.5) is 0 Å². The first-order valence-electron chi connectivity index (χ1n) is 6.65. The van der Waals surface area contributed by atoms with Gasteiger partial charge in [0.15, 0.2) is 0 Å². The summed E-state index contributed by atoms with van der Waals surface area (Å²) in [6, 6.07) is 7.38. The van der Waals surface area contributed by atoms with Crippen LogP contribution >= 0.6 is 0 Å². The molecule has 106 valence electrons. The molecular formula is C15H23NO3. The Morgan fingerprint density at radius 2 is 1.74 bits per heavy atom. The minimum absolute atomic E-state index is 0.0331. The highest BCUT2D eigenvalue weighted by atomic mass is 16.3. The summed E-state index contributed by atoms with van der Waals surface area (Å²) in [5.74, 6) is 0.178. The standard InChI is InChI=1S/C15H23NO3/c1-11(2)14(10-18)16-15(19)8-7-12-3-5-13(9-17)6-4-12/h3-6,11,14,17-18H,7-10H2,1-2H3,(H,16,19)/t14-/m1/s1. The van der Waals surface area contributed by atoms with Crippen LogP contribution in [0.3, 0.4) is 0 Å². The largest absolute Gasteiger partial charge is 0.394 e. The Hall–Kier alpha value is -1.39. The topological polar surface area (TPSA) is 69.6 Å². The molecule has 0 spiro atoms. The van der Waals surface area contributed by atoms with Crippen LogP contribution < -0.4 is 5.32 Å². The summed E-state index contributed by atoms with van der Waals surface area (Å²) in [6.07, 6.45) is 1.06. The first kappa shape index (κ1) is 15.7. The number of hydrogen-bond donors (Lipinski definition) is 3. The summed E-state index contributed by atoms with van der Waals surface area (Å²) in [4.78, 5) is 11.8. The van der Waals surface area contributed by atoms with Crippen LogP contribution in [0.15, 0.2) is 24.3 Å². The van der Waals surface area contributed by atoms with Crippen molar-refractivity contribution in [2.45, 2.75) is 39.3 Å². The Kier molecular flexibility index (Phi) is 6.53. The summed E-state index contributed by atoms with van der Waals surface area (Å²) < 4.78 is 0. The molecule has 0 aromatic heterocycles. The predicted molar refractivity (Wildman–Crippen MR) is 74.5 cm³/mol. The number of carbonyl (C=O) groups is 1. The average molecular weight is 265 g/mol. The van der Waals surface area contributed by atoms with Crippen molar-refractivity contribution in [3.8, 4) is 0 Å². The van der Waals surface area contributed by atoms with Gasteiger partial charge in [-0.05, 0) is 23.5 Å². The molecule has 1 rings (SSSR count). The van der Waals surface area contributed by atoms with E-state index in [0.29, 0.717) is 12.8 Å². The van der Waals surface area contributed by atoms with E-state index in [-0.39, 0.29) is 31.1 Å². The fraction of sp³-hybridized carbons (Fsp3) is 0.533. The highest BCUT2D eigenvalue weighted by Gasteiger charge is 2.14. The molecule has 1 aromatic rings. The highest BCUT2D eigenvalue weighted by molar-refractivity contribution is 5.76. The lowest BCUT2D eigenvalue weighted by molar-refractivity contribution is -0.122. The first-order valence-corrected chi connectivity index (χ1v) is 6.65. The minimum atomic E-state index is -0.177. The molecule has 4 nitrogen and oxygen atoms in total. The van der Waals surface area contributed by atoms with Crippen molar-refractivity contribution >= 4 is 5.91 Å². The molecular weight excluding hydrogens is 242 g/mol. The van der Waals surface area contributed by atoms with Gasteiger partial charge in [0.25, 0.3) is 0 Å². The molecule has 0 unspecified atom stereocenters. The Morgan fingerprint density at radius 1 is 1.16 bits per heavy atom. The second-order valence-corrected chi connectivity index (χ2v) is 5.08. The average Bonchev–Trinajstić information content (AvgIpc) is 2.42. The molecule has 0 heterocycles. The predicted octanol–water partition coefficient (Wildman–Crippen LogP) is 1.24. The van der Waals surface area contributed by atoms with E-state index in [9.17, 15) is 4.79 Å². The molecule has 1 atom stereocenters. The number of nitrogens with one attached hydrogen (secondary N) is 1. The lowest BCUT2D eigenvalue weighted by Gasteiger charge is -2.19. The number of carbonyl (C=O) groups excluding carboxylic acids is 1. The lowest BCUT2D eigenvalue weighted by Crippen LogP contribution is -2.41. The third-order valence-corrected chi connectivity index (χ3v) is 3.19. The number of aryl methyl sites for hydroxylation is 1. The van der Waals surface area contributed by atoms with E-state index in [1.165, 1.54) is 0 Å². The molecule has 0 aliphatic carbocycles. The summed E-state index contributed by atoms with van der Waals surface area (Å²) >= 11 is 0. The van der Waals surface area contributed by atoms with Crippen LogP contribution in [0.1, 0.15) is 31.4 Å². The van der Waals surface area contributed by atoms with Gasteiger partial charge in [-0.1, -0.05) is 38.1 Å². The van der Waals surface area contributed by atoms with Crippen molar-refractivity contribution in [2.75, 3.05) is 6.61 Å². The molecule has 0 fully saturated rings. The van der Waals surface area contributed by atoms with Crippen molar-refractivity contribution in [3.63, 3.8) is 0 Å². The number of amides is 1. The molecule has 0 saturated heterocycles. The third kappa shape index (κ3) is 5.41. The van der Waals surface area contributed by atoms with Gasteiger partial charge in [-0.2, -0.15) is 0 Å². The quantitative estimate of drug-likeness (QED) is 0.695. The maximum atomic E-state index is 11.8. The van der Waals surface area contributed by atoms with Gasteiger partial charge in [-0.3, -0.25) is 4.79 Å². The van der Waals surface area contributed by atoms with Gasteiger partial charge >= 0.3 is 0 Å². The number of aliphatic hydroxyl groups is 2. The number of benzene rings is 1. The smallest absolute Gasteiger partial charge is 0.220 e. The monoisotopic (exact) mass is 265 g/mol. The molecule has 3 N–H and O–H groups in total. The highest BCUT2D eigenvalue weighted by Crippen LogP contribution is 2.07. The molecule has 0 aliphatic heterocycles. The number of hydrogen-bond acceptors (Lipinski definition) is 3. The Morgan fingerprint density at radius 3 is 2.21 bits per heavy atom. The first-order chi connectivity index (χ1) is 9.06. The SMILES string of the molecule is CC(C)[C@@H](CO)NC(=O)CCc1ccc(CO)cc1. The molecule has 19 heavy (non-hydrogen) atoms. The van der Waals surface area contributed by atoms with Crippen LogP contribution in [-0.2, 0) is 17.8 Å². The van der Waals surface area contributed by atoms with Gasteiger partial charge in [0.2, 0.25) is 5.91 Å². The van der Waals surface area contributed by atoms with E-state index >= 15 is 0 Å². The Bertz CT molecular complexity index is 387. The maximum Gasteiger partial charge on any atom is 0.220 e. The van der Waals surface area contributed by atoms with Crippen molar-refractivity contribution in [1.29, 1.82) is 0 Å². The fourth-order valence-corrected chi connectivity index (χ4v) is 1.77. The minimum Gasteiger partial charge on any atom is -0.394 e. The normalized spacial score (nSPS) is 12.5. The summed E-state index contributed by atoms with van der Waals surface area (Å²) in [7, 11) is 0. The van der Waals surface area contributed by atoms with Gasteiger partial charge in [-0.15, -0.1) is 0 Å². The Labute approximate surface area is 114 Å². The van der Waals surface area contributed by atoms with Crippen LogP contribution in [-0.4, -0.2) is 28.8 Å². The van der Waals surface area contributed by atoms with Crippen LogP contribution in [0.5, 0.6) is 0 Å². The third-order valence-electron chi connectivity index (χ3n) is 3.19. The number of rotatable bonds is 7. The lowest BCUT2D eigenvalue weighted by atomic mass is 10.0. The van der Waals surface area contributed by atoms with E-state index in [4.69, 9.17) is 10.2 Å². The summed E-state index contributed by atoms with van der Waals surface area (Å²) in [5.41, 5.74) is 1.94. The van der Waals surface area contributed by atoms with Gasteiger partial charge in [-0.25, -0.2) is 0 Å². The van der Waals surface area contributed by atoms with Gasteiger partial charge in [0.1, 0.15) is 0 Å². The molecule has 0 bridgehead atoms. The Balaban J connectivity index is 2.40. The summed E-state index contributed by atoms with van der Waals surface area (Å²) in [6.45, 7) is 3.94. The van der Waals surface area contributed by atoms with Crippen LogP contribution in [0, 0.1) is 5.92 Å². The molecule has 0 saturated carbocycles. The van der Waals surface area contributed by atoms with Crippen molar-refractivity contribution in [3.05, 3.63) is 35.4 Å². The zero-order chi connectivity index (χ0) is 14.3. The zero-order valence-electron chi connectivity index (χ0n) is 11.6. The van der Waals surface area contributed by atoms with E-state index in [1.807, 2.05) is 38.1 Å². The number of aliphatic hydroxyl groups excluding tert-OH is 2. The van der Waals surface area contributed by atoms with Crippen molar-refractivity contribution in [1.82, 2.24) is 5.32 Å². The second kappa shape index (κ2) is 7.92. The van der Waals surface area contributed by atoms with Gasteiger partial charge in [0.05, 0.1) is 19.3 Å².